The summed E-state index contributed by atoms with van der Waals surface area (Å²) in [5.41, 5.74) is 2.68. The highest BCUT2D eigenvalue weighted by Crippen LogP contribution is 2.47. The van der Waals surface area contributed by atoms with Crippen molar-refractivity contribution in [3.8, 4) is 11.5 Å². The van der Waals surface area contributed by atoms with Gasteiger partial charge in [0.15, 0.2) is 0 Å². The van der Waals surface area contributed by atoms with Crippen LogP contribution in [0.2, 0.25) is 5.02 Å². The molecule has 13 heteroatoms. The summed E-state index contributed by atoms with van der Waals surface area (Å²) in [7, 11) is -1.41. The number of methoxy groups -OCH3 is 2. The van der Waals surface area contributed by atoms with Crippen LogP contribution in [0.5, 0.6) is 11.5 Å². The Kier molecular flexibility index (Phi) is 9.16. The number of halogens is 1. The molecule has 0 saturated heterocycles. The van der Waals surface area contributed by atoms with Crippen LogP contribution in [-0.4, -0.2) is 44.7 Å². The van der Waals surface area contributed by atoms with Gasteiger partial charge in [-0.2, -0.15) is 0 Å². The number of nitrogens with zero attached hydrogens (tertiary/aromatic N) is 2. The second-order valence-electron chi connectivity index (χ2n) is 8.74. The Balaban J connectivity index is 0.000000296. The van der Waals surface area contributed by atoms with Crippen LogP contribution < -0.4 is 19.1 Å². The lowest BCUT2D eigenvalue weighted by Crippen LogP contribution is -2.35. The molecule has 10 nitrogen and oxygen atoms in total. The smallest absolute Gasteiger partial charge is 0.404 e. The number of benzene rings is 2. The molecule has 4 aromatic rings. The Bertz CT molecular complexity index is 1680. The maximum Gasteiger partial charge on any atom is 0.404 e. The van der Waals surface area contributed by atoms with Crippen molar-refractivity contribution in [1.82, 2.24) is 10.3 Å². The molecule has 1 unspecified atom stereocenters. The molecule has 1 aliphatic rings. The molecule has 2 N–H and O–H groups in total. The molecule has 1 atom stereocenters. The average molecular weight is 616 g/mol. The SMILES string of the molecule is COc1ccc(S(=O)(=O)N2C(=O)C(c3sccc3C)c3cc(Cl)ccc32)c(OC)c1.O=C(O)NCc1ccncc1. The standard InChI is InChI=1S/C21H18ClNO5S2.C7H8N2O2/c1-12-8-9-29-20(12)19-15-10-13(22)4-6-16(15)23(21(19)24)30(25,26)18-7-5-14(27-2)11-17(18)28-3;10-7(11)9-5-6-1-3-8-4-2-6/h4-11,19H,1-3H3;1-4,9H,5H2,(H,10,11). The number of hydrogen-bond acceptors (Lipinski definition) is 8. The number of ether oxygens (including phenoxy) is 2. The van der Waals surface area contributed by atoms with E-state index in [9.17, 15) is 18.0 Å². The molecule has 0 bridgehead atoms. The van der Waals surface area contributed by atoms with Crippen molar-refractivity contribution >= 4 is 50.6 Å². The van der Waals surface area contributed by atoms with Gasteiger partial charge in [0, 0.05) is 34.9 Å². The van der Waals surface area contributed by atoms with E-state index in [1.165, 1.54) is 43.8 Å². The first-order valence-electron chi connectivity index (χ1n) is 12.1. The van der Waals surface area contributed by atoms with Gasteiger partial charge >= 0.3 is 6.09 Å². The Labute approximate surface area is 246 Å². The van der Waals surface area contributed by atoms with E-state index in [-0.39, 0.29) is 10.6 Å². The minimum atomic E-state index is -4.25. The number of hydrogen-bond donors (Lipinski definition) is 2. The van der Waals surface area contributed by atoms with Gasteiger partial charge in [0.05, 0.1) is 19.9 Å². The first-order valence-corrected chi connectivity index (χ1v) is 14.8. The molecule has 2 aromatic carbocycles. The fourth-order valence-corrected chi connectivity index (χ4v) is 7.07. The van der Waals surface area contributed by atoms with Crippen LogP contribution >= 0.6 is 22.9 Å². The number of carbonyl (C=O) groups is 2. The molecule has 0 aliphatic carbocycles. The van der Waals surface area contributed by atoms with Gasteiger partial charge in [0.2, 0.25) is 0 Å². The fraction of sp³-hybridized carbons (Fsp3) is 0.179. The van der Waals surface area contributed by atoms with E-state index in [0.717, 1.165) is 20.3 Å². The predicted molar refractivity (Wildman–Crippen MR) is 156 cm³/mol. The number of carboxylic acid groups (broad SMARTS) is 1. The Hall–Kier alpha value is -4.13. The number of aryl methyl sites for hydroxylation is 1. The number of fused-ring (bicyclic) bond motifs is 1. The normalized spacial score (nSPS) is 14.1. The maximum absolute atomic E-state index is 13.6. The number of rotatable bonds is 7. The van der Waals surface area contributed by atoms with E-state index in [1.807, 2.05) is 18.4 Å². The van der Waals surface area contributed by atoms with Gasteiger partial charge in [0.1, 0.15) is 22.3 Å². The first-order chi connectivity index (χ1) is 19.6. The molecule has 0 radical (unpaired) electrons. The van der Waals surface area contributed by atoms with Gasteiger partial charge < -0.3 is 19.9 Å². The Morgan fingerprint density at radius 3 is 2.44 bits per heavy atom. The highest BCUT2D eigenvalue weighted by Gasteiger charge is 2.46. The summed E-state index contributed by atoms with van der Waals surface area (Å²) in [6.45, 7) is 2.23. The molecular formula is C28H26ClN3O7S2. The quantitative estimate of drug-likeness (QED) is 0.280. The molecule has 0 spiro atoms. The van der Waals surface area contributed by atoms with E-state index in [1.54, 1.807) is 42.7 Å². The van der Waals surface area contributed by atoms with E-state index in [2.05, 4.69) is 10.3 Å². The third-order valence-electron chi connectivity index (χ3n) is 6.21. The first kappa shape index (κ1) is 29.8. The molecule has 0 saturated carbocycles. The van der Waals surface area contributed by atoms with Crippen LogP contribution in [-0.2, 0) is 21.4 Å². The van der Waals surface area contributed by atoms with Gasteiger partial charge in [-0.15, -0.1) is 11.3 Å². The van der Waals surface area contributed by atoms with Crippen LogP contribution in [0.15, 0.2) is 77.3 Å². The summed E-state index contributed by atoms with van der Waals surface area (Å²) < 4.78 is 38.5. The van der Waals surface area contributed by atoms with Gasteiger partial charge in [-0.25, -0.2) is 17.5 Å². The zero-order chi connectivity index (χ0) is 29.7. The summed E-state index contributed by atoms with van der Waals surface area (Å²) in [5.74, 6) is -0.750. The van der Waals surface area contributed by atoms with Gasteiger partial charge in [-0.3, -0.25) is 9.78 Å². The van der Waals surface area contributed by atoms with E-state index >= 15 is 0 Å². The van der Waals surface area contributed by atoms with E-state index in [4.69, 9.17) is 26.2 Å². The van der Waals surface area contributed by atoms with Crippen LogP contribution in [0.1, 0.15) is 27.5 Å². The topological polar surface area (TPSA) is 135 Å². The van der Waals surface area contributed by atoms with Crippen LogP contribution in [0.4, 0.5) is 10.5 Å². The number of carbonyl (C=O) groups excluding carboxylic acids is 1. The number of aromatic nitrogens is 1. The largest absolute Gasteiger partial charge is 0.497 e. The van der Waals surface area contributed by atoms with Crippen molar-refractivity contribution in [2.75, 3.05) is 18.5 Å². The van der Waals surface area contributed by atoms with Crippen molar-refractivity contribution in [3.05, 3.63) is 99.0 Å². The fourth-order valence-electron chi connectivity index (χ4n) is 4.26. The molecular weight excluding hydrogens is 590 g/mol. The highest BCUT2D eigenvalue weighted by molar-refractivity contribution is 7.93. The summed E-state index contributed by atoms with van der Waals surface area (Å²) in [6, 6.07) is 14.6. The molecule has 41 heavy (non-hydrogen) atoms. The van der Waals surface area contributed by atoms with Crippen LogP contribution in [0, 0.1) is 6.92 Å². The number of thiophene rings is 1. The maximum atomic E-state index is 13.6. The molecule has 214 valence electrons. The third-order valence-corrected chi connectivity index (χ3v) is 9.28. The molecule has 0 fully saturated rings. The van der Waals surface area contributed by atoms with E-state index in [0.29, 0.717) is 28.6 Å². The van der Waals surface area contributed by atoms with Crippen molar-refractivity contribution in [2.45, 2.75) is 24.3 Å². The molecule has 5 rings (SSSR count). The zero-order valence-electron chi connectivity index (χ0n) is 22.2. The Morgan fingerprint density at radius 1 is 1.10 bits per heavy atom. The summed E-state index contributed by atoms with van der Waals surface area (Å²) in [6.07, 6.45) is 2.24. The number of anilines is 1. The lowest BCUT2D eigenvalue weighted by atomic mass is 9.97. The molecule has 2 amide bonds. The summed E-state index contributed by atoms with van der Waals surface area (Å²) >= 11 is 7.60. The van der Waals surface area contributed by atoms with Gasteiger partial charge in [-0.05, 0) is 77.5 Å². The van der Waals surface area contributed by atoms with Crippen molar-refractivity contribution in [1.29, 1.82) is 0 Å². The minimum absolute atomic E-state index is 0.0911. The lowest BCUT2D eigenvalue weighted by Gasteiger charge is -2.20. The zero-order valence-corrected chi connectivity index (χ0v) is 24.6. The monoisotopic (exact) mass is 615 g/mol. The number of nitrogens with one attached hydrogen (secondary N) is 1. The Morgan fingerprint density at radius 2 is 1.83 bits per heavy atom. The summed E-state index contributed by atoms with van der Waals surface area (Å²) in [4.78, 5) is 28.0. The van der Waals surface area contributed by atoms with Crippen LogP contribution in [0.3, 0.4) is 0 Å². The highest BCUT2D eigenvalue weighted by atomic mass is 35.5. The lowest BCUT2D eigenvalue weighted by molar-refractivity contribution is -0.117. The molecule has 3 heterocycles. The average Bonchev–Trinajstić information content (AvgIpc) is 3.51. The molecule has 1 aliphatic heterocycles. The number of sulfonamides is 1. The van der Waals surface area contributed by atoms with Gasteiger partial charge in [-0.1, -0.05) is 11.6 Å². The number of pyridine rings is 1. The predicted octanol–water partition coefficient (Wildman–Crippen LogP) is 5.44. The number of amides is 2. The van der Waals surface area contributed by atoms with Crippen molar-refractivity contribution < 1.29 is 32.6 Å². The van der Waals surface area contributed by atoms with Crippen molar-refractivity contribution in [2.24, 2.45) is 0 Å². The second kappa shape index (κ2) is 12.6. The van der Waals surface area contributed by atoms with E-state index < -0.39 is 27.9 Å². The summed E-state index contributed by atoms with van der Waals surface area (Å²) in [5, 5.41) is 12.8. The van der Waals surface area contributed by atoms with Crippen molar-refractivity contribution in [3.63, 3.8) is 0 Å². The van der Waals surface area contributed by atoms with Crippen LogP contribution in [0.25, 0.3) is 0 Å². The second-order valence-corrected chi connectivity index (χ2v) is 11.9. The van der Waals surface area contributed by atoms with Gasteiger partial charge in [0.25, 0.3) is 15.9 Å². The molecule has 2 aromatic heterocycles. The third kappa shape index (κ3) is 6.29. The minimum Gasteiger partial charge on any atom is -0.497 e.